The fraction of sp³-hybridized carbons (Fsp3) is 0.943. The lowest BCUT2D eigenvalue weighted by atomic mass is 9.47. The van der Waals surface area contributed by atoms with Crippen molar-refractivity contribution < 1.29 is 29.9 Å². The summed E-state index contributed by atoms with van der Waals surface area (Å²) >= 11 is 0. The molecule has 236 valence electrons. The third-order valence-electron chi connectivity index (χ3n) is 13.5. The van der Waals surface area contributed by atoms with Crippen LogP contribution in [-0.2, 0) is 9.47 Å². The lowest BCUT2D eigenvalue weighted by Gasteiger charge is -2.58. The van der Waals surface area contributed by atoms with Gasteiger partial charge in [-0.25, -0.2) is 0 Å². The second kappa shape index (κ2) is 12.5. The van der Waals surface area contributed by atoms with Gasteiger partial charge in [-0.1, -0.05) is 66.0 Å². The molecule has 0 aromatic carbocycles. The van der Waals surface area contributed by atoms with E-state index in [2.05, 4.69) is 47.6 Å². The molecule has 3 saturated carbocycles. The van der Waals surface area contributed by atoms with Crippen LogP contribution in [0.2, 0.25) is 0 Å². The monoisotopic (exact) mass is 576 g/mol. The maximum Gasteiger partial charge on any atom is 0.186 e. The van der Waals surface area contributed by atoms with E-state index in [1.807, 2.05) is 0 Å². The summed E-state index contributed by atoms with van der Waals surface area (Å²) in [5.74, 6) is 5.66. The number of ether oxygens (including phenoxy) is 2. The van der Waals surface area contributed by atoms with Gasteiger partial charge in [-0.15, -0.1) is 0 Å². The van der Waals surface area contributed by atoms with E-state index in [0.29, 0.717) is 5.41 Å². The van der Waals surface area contributed by atoms with Crippen molar-refractivity contribution in [2.45, 2.75) is 149 Å². The van der Waals surface area contributed by atoms with E-state index in [-0.39, 0.29) is 11.5 Å². The van der Waals surface area contributed by atoms with Crippen LogP contribution in [0.3, 0.4) is 0 Å². The lowest BCUT2D eigenvalue weighted by Crippen LogP contribution is -2.60. The van der Waals surface area contributed by atoms with Crippen LogP contribution in [0.15, 0.2) is 11.6 Å². The van der Waals surface area contributed by atoms with Crippen LogP contribution < -0.4 is 0 Å². The second-order valence-corrected chi connectivity index (χ2v) is 15.7. The topological polar surface area (TPSA) is 99.4 Å². The molecule has 0 amide bonds. The molecule has 6 heteroatoms. The summed E-state index contributed by atoms with van der Waals surface area (Å²) in [6, 6.07) is 0. The van der Waals surface area contributed by atoms with Gasteiger partial charge in [0, 0.05) is 0 Å². The highest BCUT2D eigenvalue weighted by atomic mass is 16.7. The normalized spacial score (nSPS) is 47.7. The van der Waals surface area contributed by atoms with Crippen LogP contribution in [0.25, 0.3) is 0 Å². The smallest absolute Gasteiger partial charge is 0.186 e. The van der Waals surface area contributed by atoms with Crippen LogP contribution in [-0.4, -0.2) is 63.8 Å². The van der Waals surface area contributed by atoms with Crippen LogP contribution >= 0.6 is 0 Å². The predicted octanol–water partition coefficient (Wildman–Crippen LogP) is 5.85. The molecular weight excluding hydrogens is 516 g/mol. The van der Waals surface area contributed by atoms with Crippen LogP contribution in [0.4, 0.5) is 0 Å². The van der Waals surface area contributed by atoms with Crippen molar-refractivity contribution in [2.24, 2.45) is 52.3 Å². The van der Waals surface area contributed by atoms with Gasteiger partial charge in [-0.3, -0.25) is 0 Å². The first-order chi connectivity index (χ1) is 19.4. The van der Waals surface area contributed by atoms with Crippen molar-refractivity contribution >= 4 is 0 Å². The van der Waals surface area contributed by atoms with E-state index in [9.17, 15) is 20.4 Å². The molecule has 5 aliphatic rings. The molecule has 1 heterocycles. The Balaban J connectivity index is 1.24. The molecule has 6 nitrogen and oxygen atoms in total. The Bertz CT molecular complexity index is 918. The summed E-state index contributed by atoms with van der Waals surface area (Å²) in [4.78, 5) is 0. The predicted molar refractivity (Wildman–Crippen MR) is 161 cm³/mol. The first kappa shape index (κ1) is 31.9. The number of allylic oxidation sites excluding steroid dienone is 1. The van der Waals surface area contributed by atoms with E-state index < -0.39 is 37.3 Å². The fourth-order valence-electron chi connectivity index (χ4n) is 10.8. The van der Waals surface area contributed by atoms with Gasteiger partial charge in [-0.2, -0.15) is 0 Å². The SMILES string of the molecule is CC[C@@H](CC[C@@H](C)[C@H]1CC[C@H]2[C@@H]3CC=C4C[C@@H](O[C@@H]5O[C@H](CO)[C@@H](O)[C@H](O)[C@H]5O)CC[C@]4(C)[C@H]3CC[C@]12C)C(C)C. The summed E-state index contributed by atoms with van der Waals surface area (Å²) in [5.41, 5.74) is 2.19. The zero-order valence-electron chi connectivity index (χ0n) is 26.7. The number of hydrogen-bond acceptors (Lipinski definition) is 6. The lowest BCUT2D eigenvalue weighted by molar-refractivity contribution is -0.313. The van der Waals surface area contributed by atoms with E-state index in [1.165, 1.54) is 56.9 Å². The zero-order chi connectivity index (χ0) is 29.7. The standard InChI is InChI=1S/C35H60O6/c1-7-22(20(2)3)9-8-21(4)26-12-13-27-25-11-10-23-18-24(14-16-34(23,5)28(25)15-17-35(26,27)6)40-33-32(39)31(38)30(37)29(19-36)41-33/h10,20-22,24-33,36-39H,7-9,11-19H2,1-6H3/t21-,22+,24+,25+,26-,27+,28+,29-,30-,31+,32-,33-,34+,35-/m1/s1. The summed E-state index contributed by atoms with van der Waals surface area (Å²) in [5, 5.41) is 40.4. The summed E-state index contributed by atoms with van der Waals surface area (Å²) < 4.78 is 11.9. The molecule has 4 aliphatic carbocycles. The minimum Gasteiger partial charge on any atom is -0.394 e. The van der Waals surface area contributed by atoms with Gasteiger partial charge in [0.1, 0.15) is 24.4 Å². The van der Waals surface area contributed by atoms with E-state index in [0.717, 1.165) is 60.7 Å². The Hall–Kier alpha value is -0.500. The third kappa shape index (κ3) is 5.73. The molecule has 0 bridgehead atoms. The van der Waals surface area contributed by atoms with Crippen molar-refractivity contribution in [3.8, 4) is 0 Å². The highest BCUT2D eigenvalue weighted by Crippen LogP contribution is 2.67. The Morgan fingerprint density at radius 1 is 0.951 bits per heavy atom. The minimum atomic E-state index is -1.40. The molecule has 0 aromatic rings. The molecule has 0 spiro atoms. The maximum absolute atomic E-state index is 10.5. The van der Waals surface area contributed by atoms with E-state index in [4.69, 9.17) is 9.47 Å². The molecule has 14 atom stereocenters. The van der Waals surface area contributed by atoms with Gasteiger partial charge in [-0.05, 0) is 110 Å². The Morgan fingerprint density at radius 2 is 1.71 bits per heavy atom. The third-order valence-corrected chi connectivity index (χ3v) is 13.5. The average molecular weight is 577 g/mol. The Morgan fingerprint density at radius 3 is 2.39 bits per heavy atom. The van der Waals surface area contributed by atoms with Gasteiger partial charge in [0.2, 0.25) is 0 Å². The first-order valence-electron chi connectivity index (χ1n) is 17.1. The van der Waals surface area contributed by atoms with Crippen molar-refractivity contribution in [1.82, 2.24) is 0 Å². The van der Waals surface area contributed by atoms with Gasteiger partial charge < -0.3 is 29.9 Å². The number of rotatable bonds is 9. The quantitative estimate of drug-likeness (QED) is 0.257. The van der Waals surface area contributed by atoms with Crippen LogP contribution in [0.1, 0.15) is 112 Å². The Labute approximate surface area is 249 Å². The second-order valence-electron chi connectivity index (χ2n) is 15.7. The number of hydrogen-bond donors (Lipinski definition) is 4. The number of fused-ring (bicyclic) bond motifs is 5. The number of aliphatic hydroxyl groups excluding tert-OH is 4. The van der Waals surface area contributed by atoms with Crippen molar-refractivity contribution in [3.05, 3.63) is 11.6 Å². The van der Waals surface area contributed by atoms with Gasteiger partial charge in [0.15, 0.2) is 6.29 Å². The number of aliphatic hydroxyl groups is 4. The molecule has 0 unspecified atom stereocenters. The minimum absolute atomic E-state index is 0.101. The van der Waals surface area contributed by atoms with Crippen LogP contribution in [0.5, 0.6) is 0 Å². The maximum atomic E-state index is 10.5. The molecule has 1 saturated heterocycles. The van der Waals surface area contributed by atoms with E-state index in [1.54, 1.807) is 0 Å². The largest absolute Gasteiger partial charge is 0.394 e. The molecule has 1 aliphatic heterocycles. The molecule has 0 radical (unpaired) electrons. The summed E-state index contributed by atoms with van der Waals surface area (Å²) in [6.45, 7) is 14.5. The van der Waals surface area contributed by atoms with Gasteiger partial charge in [0.25, 0.3) is 0 Å². The van der Waals surface area contributed by atoms with Crippen LogP contribution in [0, 0.1) is 52.3 Å². The van der Waals surface area contributed by atoms with Crippen molar-refractivity contribution in [3.63, 3.8) is 0 Å². The van der Waals surface area contributed by atoms with E-state index >= 15 is 0 Å². The average Bonchev–Trinajstić information content (AvgIpc) is 3.30. The van der Waals surface area contributed by atoms with Gasteiger partial charge >= 0.3 is 0 Å². The summed E-state index contributed by atoms with van der Waals surface area (Å²) in [7, 11) is 0. The molecule has 4 N–H and O–H groups in total. The van der Waals surface area contributed by atoms with Crippen molar-refractivity contribution in [1.29, 1.82) is 0 Å². The molecule has 0 aromatic heterocycles. The Kier molecular flexibility index (Phi) is 9.71. The molecular formula is C35H60O6. The van der Waals surface area contributed by atoms with Gasteiger partial charge in [0.05, 0.1) is 12.7 Å². The highest BCUT2D eigenvalue weighted by Gasteiger charge is 2.59. The summed E-state index contributed by atoms with van der Waals surface area (Å²) in [6.07, 6.45) is 9.92. The molecule has 5 rings (SSSR count). The fourth-order valence-corrected chi connectivity index (χ4v) is 10.8. The highest BCUT2D eigenvalue weighted by molar-refractivity contribution is 5.25. The van der Waals surface area contributed by atoms with Crippen molar-refractivity contribution in [2.75, 3.05) is 6.61 Å². The first-order valence-corrected chi connectivity index (χ1v) is 17.1. The zero-order valence-corrected chi connectivity index (χ0v) is 26.7. The molecule has 41 heavy (non-hydrogen) atoms. The molecule has 4 fully saturated rings.